The van der Waals surface area contributed by atoms with Crippen molar-refractivity contribution in [3.63, 3.8) is 0 Å². The van der Waals surface area contributed by atoms with Gasteiger partial charge in [-0.3, -0.25) is 14.5 Å². The largest absolute Gasteiger partial charge is 0.355 e. The molecule has 1 aromatic heterocycles. The summed E-state index contributed by atoms with van der Waals surface area (Å²) < 4.78 is 2.45. The lowest BCUT2D eigenvalue weighted by Crippen LogP contribution is -2.42. The zero-order valence-corrected chi connectivity index (χ0v) is 18.9. The molecule has 0 bridgehead atoms. The molecule has 5 nitrogen and oxygen atoms in total. The molecule has 1 aliphatic rings. The summed E-state index contributed by atoms with van der Waals surface area (Å²) in [6, 6.07) is 18.8. The Labute approximate surface area is 188 Å². The van der Waals surface area contributed by atoms with Crippen molar-refractivity contribution in [1.29, 1.82) is 0 Å². The van der Waals surface area contributed by atoms with E-state index in [1.807, 2.05) is 16.7 Å². The molecule has 0 aliphatic heterocycles. The number of rotatable bonds is 7. The van der Waals surface area contributed by atoms with E-state index in [1.54, 1.807) is 0 Å². The monoisotopic (exact) mass is 434 g/mol. The van der Waals surface area contributed by atoms with E-state index in [0.717, 1.165) is 29.8 Å². The van der Waals surface area contributed by atoms with Crippen molar-refractivity contribution in [3.8, 4) is 11.4 Å². The fourth-order valence-corrected chi connectivity index (χ4v) is 4.91. The maximum atomic E-state index is 12.8. The van der Waals surface area contributed by atoms with Gasteiger partial charge in [0.15, 0.2) is 10.6 Å². The van der Waals surface area contributed by atoms with E-state index in [9.17, 15) is 4.79 Å². The molecule has 1 saturated carbocycles. The summed E-state index contributed by atoms with van der Waals surface area (Å²) in [6.07, 6.45) is 6.34. The Morgan fingerprint density at radius 1 is 1.13 bits per heavy atom. The minimum atomic E-state index is 0.0495. The number of aromatic amines is 1. The van der Waals surface area contributed by atoms with Crippen molar-refractivity contribution in [2.75, 3.05) is 6.54 Å². The van der Waals surface area contributed by atoms with Crippen LogP contribution in [0.2, 0.25) is 0 Å². The average molecular weight is 435 g/mol. The number of carbonyl (C=O) groups is 1. The first-order valence-corrected chi connectivity index (χ1v) is 11.5. The Hall–Kier alpha value is -2.73. The zero-order valence-electron chi connectivity index (χ0n) is 18.1. The van der Waals surface area contributed by atoms with Crippen molar-refractivity contribution in [2.24, 2.45) is 0 Å². The molecular formula is C25H30N4OS. The standard InChI is InChI=1S/C25H30N4OS/c1-19-9-8-10-20(17-19)23-27-28-24(31)29(23)16-13-22(30)26-18-25(14-6-3-7-15-25)21-11-4-2-5-12-21/h2,4-5,8-12,17H,3,6-7,13-16,18H2,1H3,(H,26,30)(H,28,31). The second kappa shape index (κ2) is 9.60. The van der Waals surface area contributed by atoms with Crippen molar-refractivity contribution < 1.29 is 4.79 Å². The van der Waals surface area contributed by atoms with Crippen LogP contribution in [0.1, 0.15) is 49.7 Å². The summed E-state index contributed by atoms with van der Waals surface area (Å²) in [5.74, 6) is 0.828. The van der Waals surface area contributed by atoms with E-state index < -0.39 is 0 Å². The number of amides is 1. The Bertz CT molecular complexity index is 1080. The summed E-state index contributed by atoms with van der Waals surface area (Å²) in [5.41, 5.74) is 3.55. The van der Waals surface area contributed by atoms with Crippen LogP contribution in [0.3, 0.4) is 0 Å². The summed E-state index contributed by atoms with van der Waals surface area (Å²) in [5, 5.41) is 10.5. The molecule has 0 spiro atoms. The van der Waals surface area contributed by atoms with Crippen LogP contribution in [0, 0.1) is 11.7 Å². The van der Waals surface area contributed by atoms with Gasteiger partial charge in [0, 0.05) is 30.5 Å². The molecule has 2 aromatic carbocycles. The van der Waals surface area contributed by atoms with Crippen molar-refractivity contribution in [3.05, 3.63) is 70.5 Å². The number of aryl methyl sites for hydroxylation is 1. The van der Waals surface area contributed by atoms with Gasteiger partial charge in [-0.25, -0.2) is 0 Å². The van der Waals surface area contributed by atoms with Crippen molar-refractivity contribution in [2.45, 2.75) is 57.4 Å². The molecule has 3 aromatic rings. The summed E-state index contributed by atoms with van der Waals surface area (Å²) >= 11 is 5.42. The van der Waals surface area contributed by atoms with Crippen LogP contribution in [0.15, 0.2) is 54.6 Å². The number of nitrogens with one attached hydrogen (secondary N) is 2. The van der Waals surface area contributed by atoms with Crippen LogP contribution >= 0.6 is 12.2 Å². The van der Waals surface area contributed by atoms with E-state index in [-0.39, 0.29) is 11.3 Å². The molecule has 0 saturated heterocycles. The maximum absolute atomic E-state index is 12.8. The molecule has 6 heteroatoms. The highest BCUT2D eigenvalue weighted by molar-refractivity contribution is 7.71. The van der Waals surface area contributed by atoms with Crippen LogP contribution in [-0.2, 0) is 16.8 Å². The van der Waals surface area contributed by atoms with Gasteiger partial charge < -0.3 is 5.32 Å². The smallest absolute Gasteiger partial charge is 0.221 e. The Kier molecular flexibility index (Phi) is 6.66. The quantitative estimate of drug-likeness (QED) is 0.495. The highest BCUT2D eigenvalue weighted by Crippen LogP contribution is 2.38. The van der Waals surface area contributed by atoms with Gasteiger partial charge in [-0.15, -0.1) is 0 Å². The first-order valence-electron chi connectivity index (χ1n) is 11.1. The molecule has 1 amide bonds. The van der Waals surface area contributed by atoms with E-state index in [2.05, 4.69) is 64.9 Å². The third kappa shape index (κ3) is 4.96. The van der Waals surface area contributed by atoms with Gasteiger partial charge in [-0.05, 0) is 43.6 Å². The third-order valence-corrected chi connectivity index (χ3v) is 6.73. The molecule has 0 unspecified atom stereocenters. The minimum absolute atomic E-state index is 0.0495. The number of hydrogen-bond acceptors (Lipinski definition) is 3. The molecule has 1 fully saturated rings. The first-order chi connectivity index (χ1) is 15.1. The number of benzene rings is 2. The molecule has 2 N–H and O–H groups in total. The SMILES string of the molecule is Cc1cccc(-c2n[nH]c(=S)n2CCC(=O)NCC2(c3ccccc3)CCCCC2)c1. The van der Waals surface area contributed by atoms with Crippen LogP contribution in [0.5, 0.6) is 0 Å². The van der Waals surface area contributed by atoms with E-state index in [0.29, 0.717) is 24.3 Å². The summed E-state index contributed by atoms with van der Waals surface area (Å²) in [6.45, 7) is 3.25. The molecule has 162 valence electrons. The summed E-state index contributed by atoms with van der Waals surface area (Å²) in [7, 11) is 0. The normalized spacial score (nSPS) is 15.5. The van der Waals surface area contributed by atoms with E-state index >= 15 is 0 Å². The fourth-order valence-electron chi connectivity index (χ4n) is 4.69. The maximum Gasteiger partial charge on any atom is 0.221 e. The predicted molar refractivity (Wildman–Crippen MR) is 126 cm³/mol. The van der Waals surface area contributed by atoms with E-state index in [4.69, 9.17) is 12.2 Å². The number of aromatic nitrogens is 3. The first kappa shape index (κ1) is 21.5. The number of nitrogens with zero attached hydrogens (tertiary/aromatic N) is 2. The Morgan fingerprint density at radius 2 is 1.90 bits per heavy atom. The number of carbonyl (C=O) groups excluding carboxylic acids is 1. The van der Waals surface area contributed by atoms with E-state index in [1.165, 1.54) is 24.8 Å². The fraction of sp³-hybridized carbons (Fsp3) is 0.400. The van der Waals surface area contributed by atoms with Crippen molar-refractivity contribution >= 4 is 18.1 Å². The Balaban J connectivity index is 1.42. The lowest BCUT2D eigenvalue weighted by molar-refractivity contribution is -0.121. The van der Waals surface area contributed by atoms with Gasteiger partial charge in [-0.2, -0.15) is 5.10 Å². The van der Waals surface area contributed by atoms with Gasteiger partial charge in [0.25, 0.3) is 0 Å². The molecule has 0 atom stereocenters. The predicted octanol–water partition coefficient (Wildman–Crippen LogP) is 5.32. The van der Waals surface area contributed by atoms with Gasteiger partial charge in [-0.1, -0.05) is 73.4 Å². The van der Waals surface area contributed by atoms with Gasteiger partial charge >= 0.3 is 0 Å². The van der Waals surface area contributed by atoms with Crippen LogP contribution in [-0.4, -0.2) is 27.2 Å². The molecule has 31 heavy (non-hydrogen) atoms. The second-order valence-corrected chi connectivity index (χ2v) is 8.99. The molecule has 1 heterocycles. The zero-order chi connectivity index (χ0) is 21.7. The van der Waals surface area contributed by atoms with Crippen LogP contribution in [0.4, 0.5) is 0 Å². The molecular weight excluding hydrogens is 404 g/mol. The lowest BCUT2D eigenvalue weighted by atomic mass is 9.69. The highest BCUT2D eigenvalue weighted by atomic mass is 32.1. The molecule has 0 radical (unpaired) electrons. The Morgan fingerprint density at radius 3 is 2.65 bits per heavy atom. The topological polar surface area (TPSA) is 62.7 Å². The molecule has 1 aliphatic carbocycles. The third-order valence-electron chi connectivity index (χ3n) is 6.42. The number of hydrogen-bond donors (Lipinski definition) is 2. The van der Waals surface area contributed by atoms with Crippen LogP contribution in [0.25, 0.3) is 11.4 Å². The van der Waals surface area contributed by atoms with Gasteiger partial charge in [0.05, 0.1) is 0 Å². The summed E-state index contributed by atoms with van der Waals surface area (Å²) in [4.78, 5) is 12.8. The second-order valence-electron chi connectivity index (χ2n) is 8.61. The molecule has 4 rings (SSSR count). The van der Waals surface area contributed by atoms with Crippen molar-refractivity contribution in [1.82, 2.24) is 20.1 Å². The number of H-pyrrole nitrogens is 1. The minimum Gasteiger partial charge on any atom is -0.355 e. The van der Waals surface area contributed by atoms with Gasteiger partial charge in [0.2, 0.25) is 5.91 Å². The van der Waals surface area contributed by atoms with Crippen LogP contribution < -0.4 is 5.32 Å². The highest BCUT2D eigenvalue weighted by Gasteiger charge is 2.34. The average Bonchev–Trinajstić information content (AvgIpc) is 3.18. The lowest BCUT2D eigenvalue weighted by Gasteiger charge is -2.38. The van der Waals surface area contributed by atoms with Gasteiger partial charge in [0.1, 0.15) is 0 Å².